The molecule has 0 radical (unpaired) electrons. The number of hydrogen-bond acceptors (Lipinski definition) is 5. The SMILES string of the molecule is Cc1ccc2c(oc3ccccc32)c1-c1cccc(N(c2ccccc2)c2cccc(-c3c(C)ccc4c3sc3ccccc34)n2)n1. The van der Waals surface area contributed by atoms with Crippen molar-refractivity contribution in [2.45, 2.75) is 13.8 Å². The summed E-state index contributed by atoms with van der Waals surface area (Å²) >= 11 is 1.83. The lowest BCUT2D eigenvalue weighted by Gasteiger charge is -2.24. The Kier molecular flexibility index (Phi) is 6.40. The first-order valence-electron chi connectivity index (χ1n) is 15.8. The van der Waals surface area contributed by atoms with Crippen molar-refractivity contribution in [2.75, 3.05) is 4.90 Å². The van der Waals surface area contributed by atoms with Crippen LogP contribution in [0.5, 0.6) is 0 Å². The first kappa shape index (κ1) is 27.5. The molecule has 0 spiro atoms. The van der Waals surface area contributed by atoms with E-state index >= 15 is 0 Å². The highest BCUT2D eigenvalue weighted by Gasteiger charge is 2.21. The van der Waals surface area contributed by atoms with Crippen molar-refractivity contribution in [3.63, 3.8) is 0 Å². The second-order valence-corrected chi connectivity index (χ2v) is 12.9. The van der Waals surface area contributed by atoms with Gasteiger partial charge in [-0.3, -0.25) is 4.90 Å². The van der Waals surface area contributed by atoms with E-state index in [0.717, 1.165) is 61.8 Å². The molecule has 0 atom stereocenters. The first-order chi connectivity index (χ1) is 23.1. The van der Waals surface area contributed by atoms with Gasteiger partial charge in [0.25, 0.3) is 0 Å². The number of para-hydroxylation sites is 2. The zero-order valence-electron chi connectivity index (χ0n) is 25.9. The van der Waals surface area contributed by atoms with Crippen LogP contribution in [0.1, 0.15) is 11.1 Å². The van der Waals surface area contributed by atoms with Crippen LogP contribution in [0.3, 0.4) is 0 Å². The molecule has 9 rings (SSSR count). The molecule has 5 aromatic carbocycles. The molecule has 0 amide bonds. The molecule has 224 valence electrons. The summed E-state index contributed by atoms with van der Waals surface area (Å²) in [5, 5.41) is 4.75. The molecule has 4 heterocycles. The first-order valence-corrected chi connectivity index (χ1v) is 16.6. The van der Waals surface area contributed by atoms with E-state index in [1.54, 1.807) is 0 Å². The molecule has 5 heteroatoms. The fourth-order valence-electron chi connectivity index (χ4n) is 6.74. The zero-order valence-corrected chi connectivity index (χ0v) is 26.8. The standard InChI is InChI=1S/C42H29N3OS/c1-26-22-24-31-29-14-6-8-18-35(29)46-41(31)39(26)33-16-10-20-37(43-33)45(28-12-4-3-5-13-28)38-21-11-17-34(44-38)40-27(2)23-25-32-30-15-7-9-19-36(30)47-42(32)40/h3-25H,1-2H3. The average molecular weight is 624 g/mol. The lowest BCUT2D eigenvalue weighted by Crippen LogP contribution is -2.13. The van der Waals surface area contributed by atoms with Crippen molar-refractivity contribution < 1.29 is 4.42 Å². The minimum absolute atomic E-state index is 0.780. The van der Waals surface area contributed by atoms with E-state index in [0.29, 0.717) is 0 Å². The van der Waals surface area contributed by atoms with Crippen LogP contribution in [0.2, 0.25) is 0 Å². The van der Waals surface area contributed by atoms with Crippen LogP contribution in [-0.4, -0.2) is 9.97 Å². The molecule has 0 unspecified atom stereocenters. The van der Waals surface area contributed by atoms with Gasteiger partial charge in [-0.2, -0.15) is 0 Å². The summed E-state index contributed by atoms with van der Waals surface area (Å²) in [7, 11) is 0. The van der Waals surface area contributed by atoms with Gasteiger partial charge in [-0.1, -0.05) is 91.0 Å². The highest BCUT2D eigenvalue weighted by atomic mass is 32.1. The van der Waals surface area contributed by atoms with Crippen molar-refractivity contribution in [3.05, 3.63) is 151 Å². The van der Waals surface area contributed by atoms with Crippen LogP contribution in [-0.2, 0) is 0 Å². The predicted molar refractivity (Wildman–Crippen MR) is 197 cm³/mol. The van der Waals surface area contributed by atoms with E-state index < -0.39 is 0 Å². The predicted octanol–water partition coefficient (Wildman–Crippen LogP) is 12.2. The van der Waals surface area contributed by atoms with Crippen molar-refractivity contribution in [3.8, 4) is 22.5 Å². The topological polar surface area (TPSA) is 42.2 Å². The van der Waals surface area contributed by atoms with Gasteiger partial charge in [-0.25, -0.2) is 9.97 Å². The quantitative estimate of drug-likeness (QED) is 0.191. The van der Waals surface area contributed by atoms with E-state index in [1.807, 2.05) is 29.5 Å². The Hall–Kier alpha value is -5.78. The van der Waals surface area contributed by atoms with Gasteiger partial charge >= 0.3 is 0 Å². The fourth-order valence-corrected chi connectivity index (χ4v) is 8.05. The Labute approximate surface area is 276 Å². The Morgan fingerprint density at radius 1 is 0.511 bits per heavy atom. The Morgan fingerprint density at radius 2 is 1.13 bits per heavy atom. The number of aryl methyl sites for hydroxylation is 2. The molecule has 0 aliphatic heterocycles. The molecule has 0 saturated heterocycles. The lowest BCUT2D eigenvalue weighted by atomic mass is 10.0. The molecule has 0 aliphatic carbocycles. The number of anilines is 3. The van der Waals surface area contributed by atoms with Gasteiger partial charge < -0.3 is 4.42 Å². The molecule has 0 fully saturated rings. The van der Waals surface area contributed by atoms with Crippen molar-refractivity contribution in [1.82, 2.24) is 9.97 Å². The van der Waals surface area contributed by atoms with Gasteiger partial charge in [0.2, 0.25) is 0 Å². The normalized spacial score (nSPS) is 11.6. The second kappa shape index (κ2) is 10.9. The molecule has 47 heavy (non-hydrogen) atoms. The van der Waals surface area contributed by atoms with Crippen LogP contribution in [0.15, 0.2) is 144 Å². The van der Waals surface area contributed by atoms with Gasteiger partial charge in [0.15, 0.2) is 0 Å². The van der Waals surface area contributed by atoms with Crippen LogP contribution in [0.4, 0.5) is 17.3 Å². The summed E-state index contributed by atoms with van der Waals surface area (Å²) in [4.78, 5) is 12.8. The smallest absolute Gasteiger partial charge is 0.145 e. The largest absolute Gasteiger partial charge is 0.455 e. The summed E-state index contributed by atoms with van der Waals surface area (Å²) in [6.45, 7) is 4.29. The highest BCUT2D eigenvalue weighted by molar-refractivity contribution is 7.26. The van der Waals surface area contributed by atoms with Gasteiger partial charge in [0.1, 0.15) is 22.8 Å². The third-order valence-electron chi connectivity index (χ3n) is 8.96. The minimum Gasteiger partial charge on any atom is -0.455 e. The molecular weight excluding hydrogens is 595 g/mol. The van der Waals surface area contributed by atoms with Gasteiger partial charge in [-0.05, 0) is 73.5 Å². The third-order valence-corrected chi connectivity index (χ3v) is 10.2. The maximum absolute atomic E-state index is 6.46. The molecule has 0 aliphatic rings. The fraction of sp³-hybridized carbons (Fsp3) is 0.0476. The summed E-state index contributed by atoms with van der Waals surface area (Å²) < 4.78 is 9.00. The van der Waals surface area contributed by atoms with Crippen LogP contribution in [0.25, 0.3) is 64.6 Å². The summed E-state index contributed by atoms with van der Waals surface area (Å²) in [5.74, 6) is 1.58. The van der Waals surface area contributed by atoms with E-state index in [1.165, 1.54) is 31.3 Å². The van der Waals surface area contributed by atoms with E-state index in [9.17, 15) is 0 Å². The number of pyridine rings is 2. The monoisotopic (exact) mass is 623 g/mol. The molecule has 0 N–H and O–H groups in total. The van der Waals surface area contributed by atoms with E-state index in [-0.39, 0.29) is 0 Å². The van der Waals surface area contributed by atoms with Gasteiger partial charge in [0.05, 0.1) is 11.4 Å². The molecule has 4 aromatic heterocycles. The maximum atomic E-state index is 6.46. The van der Waals surface area contributed by atoms with Crippen LogP contribution >= 0.6 is 11.3 Å². The number of thiophene rings is 1. The maximum Gasteiger partial charge on any atom is 0.145 e. The van der Waals surface area contributed by atoms with Crippen molar-refractivity contribution >= 4 is 70.8 Å². The number of rotatable bonds is 5. The van der Waals surface area contributed by atoms with E-state index in [2.05, 4.69) is 140 Å². The Morgan fingerprint density at radius 3 is 1.89 bits per heavy atom. The molecule has 0 saturated carbocycles. The van der Waals surface area contributed by atoms with Gasteiger partial charge in [0, 0.05) is 47.8 Å². The lowest BCUT2D eigenvalue weighted by molar-refractivity contribution is 0.669. The van der Waals surface area contributed by atoms with Crippen molar-refractivity contribution in [2.24, 2.45) is 0 Å². The minimum atomic E-state index is 0.780. The number of hydrogen-bond donors (Lipinski definition) is 0. The average Bonchev–Trinajstić information content (AvgIpc) is 3.67. The Bertz CT molecular complexity index is 2450. The molecule has 4 nitrogen and oxygen atoms in total. The third kappa shape index (κ3) is 4.50. The number of benzene rings is 5. The molecule has 0 bridgehead atoms. The Balaban J connectivity index is 1.22. The number of nitrogens with zero attached hydrogens (tertiary/aromatic N) is 3. The highest BCUT2D eigenvalue weighted by Crippen LogP contribution is 2.43. The second-order valence-electron chi connectivity index (χ2n) is 11.9. The summed E-state index contributed by atoms with van der Waals surface area (Å²) in [5.41, 5.74) is 9.00. The van der Waals surface area contributed by atoms with E-state index in [4.69, 9.17) is 14.4 Å². The number of fused-ring (bicyclic) bond motifs is 6. The molecule has 9 aromatic rings. The van der Waals surface area contributed by atoms with Gasteiger partial charge in [-0.15, -0.1) is 11.3 Å². The number of furan rings is 1. The molecular formula is C42H29N3OS. The van der Waals surface area contributed by atoms with Crippen LogP contribution < -0.4 is 4.90 Å². The number of aromatic nitrogens is 2. The summed E-state index contributed by atoms with van der Waals surface area (Å²) in [6, 6.07) is 48.4. The zero-order chi connectivity index (χ0) is 31.5. The van der Waals surface area contributed by atoms with Crippen LogP contribution in [0, 0.1) is 13.8 Å². The summed E-state index contributed by atoms with van der Waals surface area (Å²) in [6.07, 6.45) is 0. The van der Waals surface area contributed by atoms with Crippen molar-refractivity contribution in [1.29, 1.82) is 0 Å².